The Hall–Kier alpha value is -3.31. The van der Waals surface area contributed by atoms with Crippen molar-refractivity contribution in [1.29, 1.82) is 0 Å². The third-order valence-electron chi connectivity index (χ3n) is 6.26. The smallest absolute Gasteiger partial charge is 0.229 e. The SMILES string of the molecule is CCn1c2ccccc2c2cc(NC(=O)C3CC(=O)N(Cc4ccccc4Cl)C3)ccc21. The molecule has 0 radical (unpaired) electrons. The van der Waals surface area contributed by atoms with Crippen molar-refractivity contribution in [3.05, 3.63) is 77.3 Å². The van der Waals surface area contributed by atoms with Gasteiger partial charge in [0.25, 0.3) is 0 Å². The summed E-state index contributed by atoms with van der Waals surface area (Å²) in [5, 5.41) is 5.95. The summed E-state index contributed by atoms with van der Waals surface area (Å²) in [6.45, 7) is 3.83. The van der Waals surface area contributed by atoms with Gasteiger partial charge in [-0.15, -0.1) is 0 Å². The lowest BCUT2D eigenvalue weighted by atomic mass is 10.1. The highest BCUT2D eigenvalue weighted by molar-refractivity contribution is 6.31. The van der Waals surface area contributed by atoms with Gasteiger partial charge in [0.05, 0.1) is 5.92 Å². The number of hydrogen-bond acceptors (Lipinski definition) is 2. The van der Waals surface area contributed by atoms with E-state index in [0.717, 1.165) is 28.7 Å². The fourth-order valence-electron chi connectivity index (χ4n) is 4.65. The molecule has 3 aromatic carbocycles. The topological polar surface area (TPSA) is 54.3 Å². The van der Waals surface area contributed by atoms with Gasteiger partial charge in [0, 0.05) is 58.6 Å². The fraction of sp³-hybridized carbons (Fsp3) is 0.231. The van der Waals surface area contributed by atoms with E-state index in [0.29, 0.717) is 18.1 Å². The molecule has 162 valence electrons. The maximum Gasteiger partial charge on any atom is 0.229 e. The Bertz CT molecular complexity index is 1340. The number of rotatable bonds is 5. The minimum absolute atomic E-state index is 0.0217. The number of amides is 2. The molecule has 2 amide bonds. The van der Waals surface area contributed by atoms with Crippen molar-refractivity contribution in [3.63, 3.8) is 0 Å². The summed E-state index contributed by atoms with van der Waals surface area (Å²) in [5.41, 5.74) is 3.97. The molecule has 32 heavy (non-hydrogen) atoms. The summed E-state index contributed by atoms with van der Waals surface area (Å²) < 4.78 is 2.28. The Morgan fingerprint density at radius 2 is 1.78 bits per heavy atom. The molecule has 2 heterocycles. The van der Waals surface area contributed by atoms with Gasteiger partial charge in [0.1, 0.15) is 0 Å². The van der Waals surface area contributed by atoms with Crippen LogP contribution in [0.3, 0.4) is 0 Å². The average molecular weight is 446 g/mol. The van der Waals surface area contributed by atoms with E-state index < -0.39 is 0 Å². The molecule has 0 saturated carbocycles. The summed E-state index contributed by atoms with van der Waals surface area (Å²) in [7, 11) is 0. The molecule has 0 aliphatic carbocycles. The number of para-hydroxylation sites is 1. The molecule has 1 unspecified atom stereocenters. The highest BCUT2D eigenvalue weighted by Gasteiger charge is 2.34. The van der Waals surface area contributed by atoms with Crippen LogP contribution in [-0.4, -0.2) is 27.8 Å². The van der Waals surface area contributed by atoms with Gasteiger partial charge in [-0.05, 0) is 42.8 Å². The number of fused-ring (bicyclic) bond motifs is 3. The van der Waals surface area contributed by atoms with Crippen LogP contribution >= 0.6 is 11.6 Å². The minimum Gasteiger partial charge on any atom is -0.341 e. The molecule has 1 atom stereocenters. The number of aryl methyl sites for hydroxylation is 1. The number of hydrogen-bond donors (Lipinski definition) is 1. The van der Waals surface area contributed by atoms with Crippen molar-refractivity contribution in [2.24, 2.45) is 5.92 Å². The van der Waals surface area contributed by atoms with Gasteiger partial charge in [0.2, 0.25) is 11.8 Å². The fourth-order valence-corrected chi connectivity index (χ4v) is 4.84. The Kier molecular flexibility index (Phi) is 5.35. The number of carbonyl (C=O) groups excluding carboxylic acids is 2. The van der Waals surface area contributed by atoms with Crippen LogP contribution in [0.1, 0.15) is 18.9 Å². The van der Waals surface area contributed by atoms with Crippen LogP contribution in [0.5, 0.6) is 0 Å². The van der Waals surface area contributed by atoms with Gasteiger partial charge in [-0.2, -0.15) is 0 Å². The molecular formula is C26H24ClN3O2. The molecule has 0 bridgehead atoms. The molecule has 1 N–H and O–H groups in total. The first-order valence-corrected chi connectivity index (χ1v) is 11.3. The molecule has 1 aromatic heterocycles. The first-order valence-electron chi connectivity index (χ1n) is 10.9. The number of aromatic nitrogens is 1. The number of halogens is 1. The van der Waals surface area contributed by atoms with Gasteiger partial charge in [-0.25, -0.2) is 0 Å². The van der Waals surface area contributed by atoms with E-state index in [1.165, 1.54) is 10.9 Å². The van der Waals surface area contributed by atoms with Gasteiger partial charge in [-0.1, -0.05) is 48.0 Å². The van der Waals surface area contributed by atoms with E-state index in [4.69, 9.17) is 11.6 Å². The van der Waals surface area contributed by atoms with Crippen molar-refractivity contribution in [2.45, 2.75) is 26.4 Å². The Balaban J connectivity index is 1.34. The molecule has 1 aliphatic rings. The Labute approximate surface area is 191 Å². The number of anilines is 1. The molecular weight excluding hydrogens is 422 g/mol. The van der Waals surface area contributed by atoms with E-state index in [-0.39, 0.29) is 24.2 Å². The quantitative estimate of drug-likeness (QED) is 0.443. The van der Waals surface area contributed by atoms with Gasteiger partial charge in [0.15, 0.2) is 0 Å². The zero-order chi connectivity index (χ0) is 22.2. The van der Waals surface area contributed by atoms with E-state index in [9.17, 15) is 9.59 Å². The molecule has 6 heteroatoms. The van der Waals surface area contributed by atoms with Crippen LogP contribution in [0.25, 0.3) is 21.8 Å². The van der Waals surface area contributed by atoms with Crippen molar-refractivity contribution < 1.29 is 9.59 Å². The molecule has 1 saturated heterocycles. The van der Waals surface area contributed by atoms with E-state index in [2.05, 4.69) is 35.0 Å². The van der Waals surface area contributed by atoms with Crippen LogP contribution < -0.4 is 5.32 Å². The second kappa shape index (κ2) is 8.32. The second-order valence-corrected chi connectivity index (χ2v) is 8.66. The number of nitrogens with zero attached hydrogens (tertiary/aromatic N) is 2. The lowest BCUT2D eigenvalue weighted by molar-refractivity contribution is -0.128. The highest BCUT2D eigenvalue weighted by Crippen LogP contribution is 2.31. The highest BCUT2D eigenvalue weighted by atomic mass is 35.5. The Morgan fingerprint density at radius 1 is 1.03 bits per heavy atom. The summed E-state index contributed by atoms with van der Waals surface area (Å²) >= 11 is 6.24. The van der Waals surface area contributed by atoms with Crippen LogP contribution in [-0.2, 0) is 22.7 Å². The summed E-state index contributed by atoms with van der Waals surface area (Å²) in [6, 6.07) is 21.8. The van der Waals surface area contributed by atoms with Crippen LogP contribution in [0.15, 0.2) is 66.7 Å². The van der Waals surface area contributed by atoms with Gasteiger partial charge >= 0.3 is 0 Å². The molecule has 5 rings (SSSR count). The van der Waals surface area contributed by atoms with Crippen molar-refractivity contribution in [2.75, 3.05) is 11.9 Å². The van der Waals surface area contributed by atoms with Crippen molar-refractivity contribution in [3.8, 4) is 0 Å². The predicted octanol–water partition coefficient (Wildman–Crippen LogP) is 5.46. The Morgan fingerprint density at radius 3 is 2.59 bits per heavy atom. The maximum atomic E-state index is 13.0. The van der Waals surface area contributed by atoms with Crippen LogP contribution in [0.4, 0.5) is 5.69 Å². The number of benzene rings is 3. The number of likely N-dealkylation sites (tertiary alicyclic amines) is 1. The molecule has 4 aromatic rings. The zero-order valence-corrected chi connectivity index (χ0v) is 18.6. The molecule has 1 aliphatic heterocycles. The third kappa shape index (κ3) is 3.63. The third-order valence-corrected chi connectivity index (χ3v) is 6.63. The monoisotopic (exact) mass is 445 g/mol. The number of carbonyl (C=O) groups is 2. The summed E-state index contributed by atoms with van der Waals surface area (Å²) in [4.78, 5) is 27.2. The first kappa shape index (κ1) is 20.6. The van der Waals surface area contributed by atoms with Gasteiger partial charge in [-0.3, -0.25) is 9.59 Å². The van der Waals surface area contributed by atoms with Crippen LogP contribution in [0.2, 0.25) is 5.02 Å². The normalized spacial score (nSPS) is 16.2. The van der Waals surface area contributed by atoms with E-state index in [1.807, 2.05) is 48.5 Å². The predicted molar refractivity (Wildman–Crippen MR) is 129 cm³/mol. The molecule has 1 fully saturated rings. The van der Waals surface area contributed by atoms with Crippen LogP contribution in [0, 0.1) is 5.92 Å². The number of nitrogens with one attached hydrogen (secondary N) is 1. The summed E-state index contributed by atoms with van der Waals surface area (Å²) in [6.07, 6.45) is 0.216. The zero-order valence-electron chi connectivity index (χ0n) is 17.8. The second-order valence-electron chi connectivity index (χ2n) is 8.25. The maximum absolute atomic E-state index is 13.0. The van der Waals surface area contributed by atoms with E-state index in [1.54, 1.807) is 4.90 Å². The standard InChI is InChI=1S/C26H24ClN3O2/c1-2-30-23-10-6-4-8-20(23)21-14-19(11-12-24(21)30)28-26(32)18-13-25(31)29(16-18)15-17-7-3-5-9-22(17)27/h3-12,14,18H,2,13,15-16H2,1H3,(H,28,32). The van der Waals surface area contributed by atoms with Crippen molar-refractivity contribution in [1.82, 2.24) is 9.47 Å². The average Bonchev–Trinajstić information content (AvgIpc) is 3.32. The van der Waals surface area contributed by atoms with Crippen molar-refractivity contribution >= 4 is 50.9 Å². The molecule has 5 nitrogen and oxygen atoms in total. The van der Waals surface area contributed by atoms with Gasteiger partial charge < -0.3 is 14.8 Å². The lowest BCUT2D eigenvalue weighted by Gasteiger charge is -2.17. The minimum atomic E-state index is -0.377. The first-order chi connectivity index (χ1) is 15.5. The summed E-state index contributed by atoms with van der Waals surface area (Å²) in [5.74, 6) is -0.525. The van der Waals surface area contributed by atoms with E-state index >= 15 is 0 Å². The largest absolute Gasteiger partial charge is 0.341 e. The lowest BCUT2D eigenvalue weighted by Crippen LogP contribution is -2.28. The molecule has 0 spiro atoms.